The number of rotatable bonds is 12. The minimum Gasteiger partial charge on any atom is -0.298 e. The summed E-state index contributed by atoms with van der Waals surface area (Å²) in [6, 6.07) is 5.21. The van der Waals surface area contributed by atoms with Crippen molar-refractivity contribution in [1.29, 1.82) is 0 Å². The lowest BCUT2D eigenvalue weighted by molar-refractivity contribution is 0.0570. The molecule has 0 spiro atoms. The lowest BCUT2D eigenvalue weighted by atomic mass is 9.95. The normalized spacial score (nSPS) is 30.3. The van der Waals surface area contributed by atoms with Crippen molar-refractivity contribution in [2.45, 2.75) is 136 Å². The van der Waals surface area contributed by atoms with Crippen molar-refractivity contribution < 1.29 is 0 Å². The van der Waals surface area contributed by atoms with Gasteiger partial charge in [0, 0.05) is 94.7 Å². The Morgan fingerprint density at radius 1 is 0.622 bits per heavy atom. The summed E-state index contributed by atoms with van der Waals surface area (Å²) in [5, 5.41) is 0. The molecule has 0 aromatic heterocycles. The molecular weight excluding hydrogens is 454 g/mol. The van der Waals surface area contributed by atoms with Gasteiger partial charge in [-0.1, -0.05) is 25.5 Å². The lowest BCUT2D eigenvalue weighted by Gasteiger charge is -2.42. The average Bonchev–Trinajstić information content (AvgIpc) is 3.52. The number of piperazine rings is 2. The molecule has 0 N–H and O–H groups in total. The van der Waals surface area contributed by atoms with Crippen LogP contribution in [0.5, 0.6) is 0 Å². The molecule has 4 aliphatic heterocycles. The van der Waals surface area contributed by atoms with E-state index >= 15 is 0 Å². The van der Waals surface area contributed by atoms with Gasteiger partial charge in [-0.25, -0.2) is 0 Å². The van der Waals surface area contributed by atoms with Crippen LogP contribution in [0, 0.1) is 5.92 Å². The molecule has 3 saturated heterocycles. The Balaban J connectivity index is 1.11. The van der Waals surface area contributed by atoms with Crippen LogP contribution in [0.15, 0.2) is 11.6 Å². The van der Waals surface area contributed by atoms with Gasteiger partial charge in [0.25, 0.3) is 0 Å². The fraction of sp³-hybridized carbons (Fsp3) is 0.938. The molecule has 0 amide bonds. The van der Waals surface area contributed by atoms with Crippen LogP contribution in [0.3, 0.4) is 0 Å². The molecule has 214 valence electrons. The molecule has 37 heavy (non-hydrogen) atoms. The zero-order valence-corrected chi connectivity index (χ0v) is 25.8. The standard InChI is InChI=1S/C32H61N5/c1-24(2)30-13-15-33(16-14-30)26(5)9-10-27(6)34-17-19-35(20-18-34)28(7)11-12-29(8)37-23-31-21-32(37)22-36(31)25(3)4/h13,24-29,31-32H,9-12,14-23H2,1-8H3. The van der Waals surface area contributed by atoms with E-state index in [2.05, 4.69) is 86.0 Å². The smallest absolute Gasteiger partial charge is 0.0242 e. The molecule has 0 aromatic carbocycles. The van der Waals surface area contributed by atoms with Gasteiger partial charge in [0.2, 0.25) is 0 Å². The first-order valence-electron chi connectivity index (χ1n) is 16.1. The van der Waals surface area contributed by atoms with Gasteiger partial charge < -0.3 is 0 Å². The van der Waals surface area contributed by atoms with Crippen LogP contribution < -0.4 is 0 Å². The van der Waals surface area contributed by atoms with Crippen molar-refractivity contribution in [3.05, 3.63) is 11.6 Å². The Morgan fingerprint density at radius 3 is 1.54 bits per heavy atom. The summed E-state index contributed by atoms with van der Waals surface area (Å²) in [6.45, 7) is 29.4. The van der Waals surface area contributed by atoms with Gasteiger partial charge in [0.05, 0.1) is 0 Å². The Labute approximate surface area is 230 Å². The highest BCUT2D eigenvalue weighted by Gasteiger charge is 2.45. The second kappa shape index (κ2) is 13.3. The van der Waals surface area contributed by atoms with Crippen molar-refractivity contribution >= 4 is 0 Å². The van der Waals surface area contributed by atoms with E-state index in [1.54, 1.807) is 5.57 Å². The molecule has 5 heteroatoms. The van der Waals surface area contributed by atoms with Gasteiger partial charge in [0.1, 0.15) is 0 Å². The Hall–Kier alpha value is -0.460. The maximum absolute atomic E-state index is 2.85. The molecule has 4 heterocycles. The largest absolute Gasteiger partial charge is 0.298 e. The molecule has 3 fully saturated rings. The number of likely N-dealkylation sites (tertiary alicyclic amines) is 2. The monoisotopic (exact) mass is 515 g/mol. The molecule has 0 radical (unpaired) electrons. The highest BCUT2D eigenvalue weighted by Crippen LogP contribution is 2.34. The van der Waals surface area contributed by atoms with E-state index in [0.717, 1.165) is 36.6 Å². The summed E-state index contributed by atoms with van der Waals surface area (Å²) < 4.78 is 0. The third-order valence-corrected chi connectivity index (χ3v) is 10.8. The second-order valence-electron chi connectivity index (χ2n) is 13.8. The first-order valence-corrected chi connectivity index (χ1v) is 16.1. The Kier molecular flexibility index (Phi) is 10.6. The molecule has 6 unspecified atom stereocenters. The third kappa shape index (κ3) is 7.39. The number of fused-ring (bicyclic) bond motifs is 2. The molecular formula is C32H61N5. The first-order chi connectivity index (χ1) is 17.6. The van der Waals surface area contributed by atoms with Crippen LogP contribution >= 0.6 is 0 Å². The van der Waals surface area contributed by atoms with Crippen LogP contribution in [0.4, 0.5) is 0 Å². The summed E-state index contributed by atoms with van der Waals surface area (Å²) in [7, 11) is 0. The molecule has 0 saturated carbocycles. The highest BCUT2D eigenvalue weighted by molar-refractivity contribution is 5.10. The Morgan fingerprint density at radius 2 is 1.11 bits per heavy atom. The van der Waals surface area contributed by atoms with Gasteiger partial charge in [-0.15, -0.1) is 0 Å². The molecule has 2 bridgehead atoms. The molecule has 6 atom stereocenters. The quantitative estimate of drug-likeness (QED) is 0.332. The average molecular weight is 516 g/mol. The molecule has 4 rings (SSSR count). The maximum atomic E-state index is 2.85. The van der Waals surface area contributed by atoms with Gasteiger partial charge >= 0.3 is 0 Å². The van der Waals surface area contributed by atoms with Crippen molar-refractivity contribution in [3.8, 4) is 0 Å². The van der Waals surface area contributed by atoms with E-state index in [1.807, 2.05) is 0 Å². The van der Waals surface area contributed by atoms with E-state index in [-0.39, 0.29) is 0 Å². The highest BCUT2D eigenvalue weighted by atomic mass is 15.4. The fourth-order valence-electron chi connectivity index (χ4n) is 7.82. The summed E-state index contributed by atoms with van der Waals surface area (Å²) in [4.78, 5) is 13.8. The predicted octanol–water partition coefficient (Wildman–Crippen LogP) is 5.17. The molecule has 0 aromatic rings. The van der Waals surface area contributed by atoms with Crippen LogP contribution in [0.2, 0.25) is 0 Å². The predicted molar refractivity (Wildman–Crippen MR) is 159 cm³/mol. The summed E-state index contributed by atoms with van der Waals surface area (Å²) >= 11 is 0. The minimum absolute atomic E-state index is 0.704. The SMILES string of the molecule is CC(C)C1=CCN(C(C)CCC(C)N2CCN(C(C)CCC(C)N3CC4CC3CN4C(C)C)CC2)CC1. The summed E-state index contributed by atoms with van der Waals surface area (Å²) in [6.07, 6.45) is 10.5. The number of nitrogens with zero attached hydrogens (tertiary/aromatic N) is 5. The van der Waals surface area contributed by atoms with Crippen LogP contribution in [-0.4, -0.2) is 119 Å². The fourth-order valence-corrected chi connectivity index (χ4v) is 7.82. The van der Waals surface area contributed by atoms with Gasteiger partial charge in [-0.05, 0) is 86.0 Å². The second-order valence-corrected chi connectivity index (χ2v) is 13.8. The number of hydrogen-bond acceptors (Lipinski definition) is 5. The Bertz CT molecular complexity index is 727. The lowest BCUT2D eigenvalue weighted by Crippen LogP contribution is -2.53. The zero-order chi connectivity index (χ0) is 26.7. The molecule has 5 nitrogen and oxygen atoms in total. The van der Waals surface area contributed by atoms with Crippen molar-refractivity contribution in [3.63, 3.8) is 0 Å². The van der Waals surface area contributed by atoms with E-state index in [1.165, 1.54) is 84.3 Å². The van der Waals surface area contributed by atoms with Gasteiger partial charge in [-0.2, -0.15) is 0 Å². The molecule has 0 aliphatic carbocycles. The van der Waals surface area contributed by atoms with Gasteiger partial charge in [0.15, 0.2) is 0 Å². The van der Waals surface area contributed by atoms with E-state index in [9.17, 15) is 0 Å². The summed E-state index contributed by atoms with van der Waals surface area (Å²) in [5.41, 5.74) is 1.67. The van der Waals surface area contributed by atoms with Crippen LogP contribution in [0.1, 0.15) is 93.9 Å². The maximum Gasteiger partial charge on any atom is 0.0242 e. The third-order valence-electron chi connectivity index (χ3n) is 10.8. The van der Waals surface area contributed by atoms with Crippen molar-refractivity contribution in [2.75, 3.05) is 52.4 Å². The van der Waals surface area contributed by atoms with E-state index < -0.39 is 0 Å². The van der Waals surface area contributed by atoms with Gasteiger partial charge in [-0.3, -0.25) is 24.5 Å². The van der Waals surface area contributed by atoms with E-state index in [4.69, 9.17) is 0 Å². The van der Waals surface area contributed by atoms with E-state index in [0.29, 0.717) is 18.1 Å². The first kappa shape index (κ1) is 29.5. The number of hydrogen-bond donors (Lipinski definition) is 0. The zero-order valence-electron chi connectivity index (χ0n) is 25.8. The molecule has 4 aliphatic rings. The van der Waals surface area contributed by atoms with Crippen LogP contribution in [0.25, 0.3) is 0 Å². The summed E-state index contributed by atoms with van der Waals surface area (Å²) in [5.74, 6) is 0.721. The minimum atomic E-state index is 0.704. The van der Waals surface area contributed by atoms with Crippen molar-refractivity contribution in [1.82, 2.24) is 24.5 Å². The van der Waals surface area contributed by atoms with Crippen molar-refractivity contribution in [2.24, 2.45) is 5.92 Å². The topological polar surface area (TPSA) is 16.2 Å². The van der Waals surface area contributed by atoms with Crippen LogP contribution in [-0.2, 0) is 0 Å².